The zero-order chi connectivity index (χ0) is 24.0. The highest BCUT2D eigenvalue weighted by Gasteiger charge is 2.43. The molecule has 1 fully saturated rings. The molecule has 0 amide bonds. The van der Waals surface area contributed by atoms with E-state index in [-0.39, 0.29) is 39.5 Å². The number of phenols is 2. The van der Waals surface area contributed by atoms with Crippen LogP contribution in [0.3, 0.4) is 0 Å². The molecule has 33 heavy (non-hydrogen) atoms. The van der Waals surface area contributed by atoms with E-state index >= 15 is 0 Å². The number of fused-ring (bicyclic) bond motifs is 1. The average molecular weight is 462 g/mol. The van der Waals surface area contributed by atoms with Crippen LogP contribution in [0.2, 0.25) is 0 Å². The second-order valence-electron chi connectivity index (χ2n) is 7.59. The van der Waals surface area contributed by atoms with Gasteiger partial charge in [-0.15, -0.1) is 0 Å². The summed E-state index contributed by atoms with van der Waals surface area (Å²) in [6.07, 6.45) is -6.89. The van der Waals surface area contributed by atoms with E-state index in [2.05, 4.69) is 0 Å². The van der Waals surface area contributed by atoms with Crippen molar-refractivity contribution >= 4 is 11.0 Å². The minimum absolute atomic E-state index is 0.0418. The Hall–Kier alpha value is -3.51. The molecule has 4 rings (SSSR count). The van der Waals surface area contributed by atoms with Crippen molar-refractivity contribution in [2.45, 2.75) is 37.6 Å². The largest absolute Gasteiger partial charge is 0.508 e. The van der Waals surface area contributed by atoms with Crippen LogP contribution in [0.4, 0.5) is 0 Å². The first-order valence-electron chi connectivity index (χ1n) is 9.89. The van der Waals surface area contributed by atoms with Gasteiger partial charge in [0.05, 0.1) is 13.2 Å². The van der Waals surface area contributed by atoms with Crippen LogP contribution in [0.25, 0.3) is 22.3 Å². The van der Waals surface area contributed by atoms with Crippen molar-refractivity contribution in [2.75, 3.05) is 7.11 Å². The maximum atomic E-state index is 12.8. The molecular weight excluding hydrogens is 440 g/mol. The quantitative estimate of drug-likeness (QED) is 0.323. The molecule has 176 valence electrons. The lowest BCUT2D eigenvalue weighted by Gasteiger charge is -2.39. The van der Waals surface area contributed by atoms with Gasteiger partial charge in [-0.25, -0.2) is 0 Å². The van der Waals surface area contributed by atoms with E-state index in [4.69, 9.17) is 18.6 Å². The highest BCUT2D eigenvalue weighted by atomic mass is 16.7. The standard InChI is InChI=1S/C22H22O11/c1-8-14(25)16(27)18(29)22(31-8)32-12-7-11(24)13-15(26)17(28)19(33-21(13)20(12)30-2)9-3-5-10(23)6-4-9/h3-8,14,16,18,22-25,27-29H,1-2H3/t8-,14-,16+,18+,22-/m0/s1. The SMILES string of the molecule is COc1c(O[C@@H]2O[C@@H](C)[C@H](O)[C@@H](O)[C@H]2O)cc(O)c2c(=O)c(O)c(-c3ccc(O)cc3)oc12. The highest BCUT2D eigenvalue weighted by molar-refractivity contribution is 5.93. The fourth-order valence-electron chi connectivity index (χ4n) is 3.62. The molecule has 1 saturated heterocycles. The summed E-state index contributed by atoms with van der Waals surface area (Å²) < 4.78 is 22.1. The van der Waals surface area contributed by atoms with Gasteiger partial charge in [0.25, 0.3) is 0 Å². The smallest absolute Gasteiger partial charge is 0.238 e. The van der Waals surface area contributed by atoms with E-state index in [0.29, 0.717) is 0 Å². The molecule has 1 aromatic heterocycles. The first-order chi connectivity index (χ1) is 15.6. The number of benzene rings is 2. The molecule has 0 unspecified atom stereocenters. The molecule has 2 aromatic carbocycles. The van der Waals surface area contributed by atoms with Gasteiger partial charge in [0, 0.05) is 11.6 Å². The van der Waals surface area contributed by atoms with Crippen LogP contribution >= 0.6 is 0 Å². The molecule has 0 spiro atoms. The van der Waals surface area contributed by atoms with Crippen molar-refractivity contribution in [3.8, 4) is 40.1 Å². The van der Waals surface area contributed by atoms with Crippen LogP contribution in [0, 0.1) is 0 Å². The van der Waals surface area contributed by atoms with E-state index in [0.717, 1.165) is 6.07 Å². The molecule has 0 saturated carbocycles. The van der Waals surface area contributed by atoms with Crippen LogP contribution in [0.15, 0.2) is 39.5 Å². The van der Waals surface area contributed by atoms with Gasteiger partial charge in [-0.1, -0.05) is 0 Å². The first kappa shape index (κ1) is 22.7. The second kappa shape index (κ2) is 8.45. The third-order valence-corrected chi connectivity index (χ3v) is 5.43. The molecule has 5 atom stereocenters. The van der Waals surface area contributed by atoms with Crippen LogP contribution < -0.4 is 14.9 Å². The maximum absolute atomic E-state index is 12.8. The van der Waals surface area contributed by atoms with Crippen molar-refractivity contribution in [1.29, 1.82) is 0 Å². The Bertz CT molecular complexity index is 1230. The molecule has 3 aromatic rings. The zero-order valence-corrected chi connectivity index (χ0v) is 17.5. The summed E-state index contributed by atoms with van der Waals surface area (Å²) in [5.74, 6) is -2.03. The Morgan fingerprint density at radius 1 is 0.970 bits per heavy atom. The van der Waals surface area contributed by atoms with Gasteiger partial charge in [0.15, 0.2) is 17.1 Å². The van der Waals surface area contributed by atoms with Crippen molar-refractivity contribution in [3.05, 3.63) is 40.6 Å². The number of phenolic OH excluding ortho intramolecular Hbond substituents is 2. The van der Waals surface area contributed by atoms with Gasteiger partial charge >= 0.3 is 0 Å². The van der Waals surface area contributed by atoms with Gasteiger partial charge < -0.3 is 49.3 Å². The summed E-state index contributed by atoms with van der Waals surface area (Å²) in [6.45, 7) is 1.47. The molecule has 6 N–H and O–H groups in total. The molecule has 1 aliphatic rings. The van der Waals surface area contributed by atoms with Gasteiger partial charge in [-0.2, -0.15) is 0 Å². The van der Waals surface area contributed by atoms with Gasteiger partial charge in [0.2, 0.25) is 23.2 Å². The molecule has 11 heteroatoms. The van der Waals surface area contributed by atoms with Gasteiger partial charge in [-0.3, -0.25) is 4.79 Å². The number of hydrogen-bond acceptors (Lipinski definition) is 11. The monoisotopic (exact) mass is 462 g/mol. The molecular formula is C22H22O11. The van der Waals surface area contributed by atoms with E-state index in [1.165, 1.54) is 38.3 Å². The van der Waals surface area contributed by atoms with Crippen LogP contribution in [0.5, 0.6) is 28.7 Å². The summed E-state index contributed by atoms with van der Waals surface area (Å²) in [5.41, 5.74) is -0.950. The minimum atomic E-state index is -1.64. The van der Waals surface area contributed by atoms with E-state index < -0.39 is 47.6 Å². The van der Waals surface area contributed by atoms with Gasteiger partial charge in [0.1, 0.15) is 35.2 Å². The first-order valence-corrected chi connectivity index (χ1v) is 9.89. The topological polar surface area (TPSA) is 179 Å². The Balaban J connectivity index is 1.86. The lowest BCUT2D eigenvalue weighted by atomic mass is 10.00. The fraction of sp³-hybridized carbons (Fsp3) is 0.318. The van der Waals surface area contributed by atoms with Crippen molar-refractivity contribution in [2.24, 2.45) is 0 Å². The number of aliphatic hydroxyl groups excluding tert-OH is 3. The van der Waals surface area contributed by atoms with Gasteiger partial charge in [-0.05, 0) is 31.2 Å². The van der Waals surface area contributed by atoms with Crippen molar-refractivity contribution < 1.29 is 49.3 Å². The average Bonchev–Trinajstić information content (AvgIpc) is 2.79. The van der Waals surface area contributed by atoms with Crippen LogP contribution in [0.1, 0.15) is 6.92 Å². The summed E-state index contributed by atoms with van der Waals surface area (Å²) in [6, 6.07) is 6.49. The normalized spacial score (nSPS) is 25.2. The van der Waals surface area contributed by atoms with E-state index in [9.17, 15) is 35.4 Å². The molecule has 11 nitrogen and oxygen atoms in total. The Kier molecular flexibility index (Phi) is 5.80. The Labute approximate surface area is 186 Å². The Morgan fingerprint density at radius 3 is 2.27 bits per heavy atom. The third-order valence-electron chi connectivity index (χ3n) is 5.43. The number of aromatic hydroxyl groups is 3. The van der Waals surface area contributed by atoms with Crippen molar-refractivity contribution in [3.63, 3.8) is 0 Å². The molecule has 2 heterocycles. The fourth-order valence-corrected chi connectivity index (χ4v) is 3.62. The molecule has 0 radical (unpaired) electrons. The van der Waals surface area contributed by atoms with Crippen LogP contribution in [-0.2, 0) is 4.74 Å². The minimum Gasteiger partial charge on any atom is -0.508 e. The zero-order valence-electron chi connectivity index (χ0n) is 17.5. The number of rotatable bonds is 4. The lowest BCUT2D eigenvalue weighted by Crippen LogP contribution is -2.58. The number of hydrogen-bond donors (Lipinski definition) is 6. The van der Waals surface area contributed by atoms with E-state index in [1.54, 1.807) is 0 Å². The number of ether oxygens (including phenoxy) is 3. The predicted octanol–water partition coefficient (Wildman–Crippen LogP) is 0.792. The number of methoxy groups -OCH3 is 1. The summed E-state index contributed by atoms with van der Waals surface area (Å²) >= 11 is 0. The Morgan fingerprint density at radius 2 is 1.64 bits per heavy atom. The number of aliphatic hydroxyl groups is 3. The van der Waals surface area contributed by atoms with Crippen molar-refractivity contribution in [1.82, 2.24) is 0 Å². The lowest BCUT2D eigenvalue weighted by molar-refractivity contribution is -0.268. The predicted molar refractivity (Wildman–Crippen MR) is 112 cm³/mol. The summed E-state index contributed by atoms with van der Waals surface area (Å²) in [5, 5.41) is 60.1. The second-order valence-corrected chi connectivity index (χ2v) is 7.59. The molecule has 0 aliphatic carbocycles. The third kappa shape index (κ3) is 3.80. The molecule has 1 aliphatic heterocycles. The summed E-state index contributed by atoms with van der Waals surface area (Å²) in [7, 11) is 1.24. The van der Waals surface area contributed by atoms with Crippen LogP contribution in [-0.4, -0.2) is 68.5 Å². The van der Waals surface area contributed by atoms with E-state index in [1.807, 2.05) is 0 Å². The molecule has 0 bridgehead atoms. The maximum Gasteiger partial charge on any atom is 0.238 e. The highest BCUT2D eigenvalue weighted by Crippen LogP contribution is 2.44. The summed E-state index contributed by atoms with van der Waals surface area (Å²) in [4.78, 5) is 12.8.